The Hall–Kier alpha value is -2.76. The van der Waals surface area contributed by atoms with Crippen LogP contribution < -0.4 is 4.84 Å². The highest BCUT2D eigenvalue weighted by molar-refractivity contribution is 6.05. The van der Waals surface area contributed by atoms with E-state index in [1.54, 1.807) is 18.8 Å². The van der Waals surface area contributed by atoms with Crippen LogP contribution in [-0.2, 0) is 15.9 Å². The number of ether oxygens (including phenoxy) is 2. The van der Waals surface area contributed by atoms with Crippen molar-refractivity contribution >= 4 is 11.9 Å². The molecule has 0 unspecified atom stereocenters. The number of carbonyl (C=O) groups excluding carboxylic acids is 2. The van der Waals surface area contributed by atoms with Crippen molar-refractivity contribution in [1.82, 2.24) is 4.73 Å². The number of esters is 2. The first-order valence-corrected chi connectivity index (χ1v) is 10.2. The summed E-state index contributed by atoms with van der Waals surface area (Å²) in [5.41, 5.74) is 2.90. The van der Waals surface area contributed by atoms with Gasteiger partial charge in [-0.1, -0.05) is 49.6 Å². The number of hydrogen-bond donors (Lipinski definition) is 0. The summed E-state index contributed by atoms with van der Waals surface area (Å²) in [6, 6.07) is 9.81. The Balaban J connectivity index is 2.24. The standard InChI is InChI=1S/C23H29NO5/c1-4-29-23(26)19-18(15-16-11-7-5-8-12-16)24(28-3)21(20(19)22(25)27-2)17-13-9-6-10-14-17/h5,7-8,11-12,17H,4,6,9-10,13-15H2,1-3H3. The van der Waals surface area contributed by atoms with Gasteiger partial charge in [0.05, 0.1) is 36.2 Å². The van der Waals surface area contributed by atoms with Crippen LogP contribution in [0.15, 0.2) is 30.3 Å². The molecular weight excluding hydrogens is 370 g/mol. The molecule has 0 saturated heterocycles. The zero-order chi connectivity index (χ0) is 20.8. The minimum atomic E-state index is -0.529. The molecule has 1 heterocycles. The lowest BCUT2D eigenvalue weighted by Crippen LogP contribution is -2.19. The van der Waals surface area contributed by atoms with Crippen molar-refractivity contribution in [2.75, 3.05) is 20.8 Å². The second-order valence-corrected chi connectivity index (χ2v) is 7.27. The Morgan fingerprint density at radius 1 is 1.00 bits per heavy atom. The molecule has 0 bridgehead atoms. The summed E-state index contributed by atoms with van der Waals surface area (Å²) in [7, 11) is 2.90. The van der Waals surface area contributed by atoms with E-state index in [1.165, 1.54) is 13.5 Å². The molecule has 0 amide bonds. The fraction of sp³-hybridized carbons (Fsp3) is 0.478. The van der Waals surface area contributed by atoms with E-state index in [9.17, 15) is 9.59 Å². The molecule has 1 fully saturated rings. The number of aromatic nitrogens is 1. The van der Waals surface area contributed by atoms with Gasteiger partial charge < -0.3 is 14.3 Å². The average Bonchev–Trinajstić information content (AvgIpc) is 3.08. The average molecular weight is 399 g/mol. The Bertz CT molecular complexity index is 850. The van der Waals surface area contributed by atoms with Crippen molar-refractivity contribution in [3.8, 4) is 0 Å². The number of rotatable bonds is 7. The number of carbonyl (C=O) groups is 2. The third-order valence-electron chi connectivity index (χ3n) is 5.52. The van der Waals surface area contributed by atoms with Crippen LogP contribution in [0.1, 0.15) is 82.6 Å². The minimum absolute atomic E-state index is 0.135. The van der Waals surface area contributed by atoms with E-state index in [4.69, 9.17) is 14.3 Å². The van der Waals surface area contributed by atoms with Crippen LogP contribution >= 0.6 is 0 Å². The molecule has 2 aromatic rings. The van der Waals surface area contributed by atoms with Crippen LogP contribution in [0.3, 0.4) is 0 Å². The van der Waals surface area contributed by atoms with E-state index < -0.39 is 11.9 Å². The van der Waals surface area contributed by atoms with Gasteiger partial charge in [0.25, 0.3) is 0 Å². The van der Waals surface area contributed by atoms with Crippen LogP contribution in [-0.4, -0.2) is 37.5 Å². The van der Waals surface area contributed by atoms with E-state index in [1.807, 2.05) is 30.3 Å². The minimum Gasteiger partial charge on any atom is -0.465 e. The molecule has 6 heteroatoms. The second-order valence-electron chi connectivity index (χ2n) is 7.27. The number of nitrogens with zero attached hydrogens (tertiary/aromatic N) is 1. The third kappa shape index (κ3) is 4.31. The quantitative estimate of drug-likeness (QED) is 0.655. The van der Waals surface area contributed by atoms with Crippen LogP contribution in [0.4, 0.5) is 0 Å². The summed E-state index contributed by atoms with van der Waals surface area (Å²) in [6.07, 6.45) is 5.69. The maximum absolute atomic E-state index is 13.0. The van der Waals surface area contributed by atoms with E-state index in [0.717, 1.165) is 36.9 Å². The van der Waals surface area contributed by atoms with Gasteiger partial charge >= 0.3 is 11.9 Å². The monoisotopic (exact) mass is 399 g/mol. The van der Waals surface area contributed by atoms with E-state index in [-0.39, 0.29) is 23.7 Å². The fourth-order valence-corrected chi connectivity index (χ4v) is 4.26. The molecule has 1 aliphatic carbocycles. The van der Waals surface area contributed by atoms with Crippen LogP contribution in [0, 0.1) is 0 Å². The third-order valence-corrected chi connectivity index (χ3v) is 5.52. The summed E-state index contributed by atoms with van der Waals surface area (Å²) in [4.78, 5) is 31.6. The van der Waals surface area contributed by atoms with Crippen molar-refractivity contribution in [2.24, 2.45) is 0 Å². The van der Waals surface area contributed by atoms with Gasteiger partial charge in [-0.15, -0.1) is 0 Å². The smallest absolute Gasteiger partial charge is 0.341 e. The number of benzene rings is 1. The SMILES string of the molecule is CCOC(=O)c1c(C(=O)OC)c(C2CCCCC2)n(OC)c1Cc1ccccc1. The van der Waals surface area contributed by atoms with Gasteiger partial charge in [-0.05, 0) is 25.3 Å². The molecule has 0 atom stereocenters. The molecule has 1 aromatic carbocycles. The highest BCUT2D eigenvalue weighted by atomic mass is 16.6. The van der Waals surface area contributed by atoms with E-state index in [2.05, 4.69) is 0 Å². The van der Waals surface area contributed by atoms with Crippen molar-refractivity contribution < 1.29 is 23.9 Å². The molecule has 6 nitrogen and oxygen atoms in total. The number of hydrogen-bond acceptors (Lipinski definition) is 5. The highest BCUT2D eigenvalue weighted by Gasteiger charge is 2.37. The largest absolute Gasteiger partial charge is 0.465 e. The molecule has 156 valence electrons. The van der Waals surface area contributed by atoms with E-state index >= 15 is 0 Å². The first kappa shape index (κ1) is 21.0. The summed E-state index contributed by atoms with van der Waals surface area (Å²) in [6.45, 7) is 1.98. The summed E-state index contributed by atoms with van der Waals surface area (Å²) in [5.74, 6) is -0.916. The maximum Gasteiger partial charge on any atom is 0.341 e. The Morgan fingerprint density at radius 3 is 2.28 bits per heavy atom. The molecule has 1 aromatic heterocycles. The van der Waals surface area contributed by atoms with Crippen LogP contribution in [0.5, 0.6) is 0 Å². The van der Waals surface area contributed by atoms with Gasteiger partial charge in [0.15, 0.2) is 0 Å². The fourth-order valence-electron chi connectivity index (χ4n) is 4.26. The molecule has 1 saturated carbocycles. The van der Waals surface area contributed by atoms with Crippen molar-refractivity contribution in [3.63, 3.8) is 0 Å². The van der Waals surface area contributed by atoms with Crippen LogP contribution in [0.2, 0.25) is 0 Å². The molecule has 29 heavy (non-hydrogen) atoms. The van der Waals surface area contributed by atoms with Gasteiger partial charge in [0.1, 0.15) is 7.11 Å². The zero-order valence-corrected chi connectivity index (χ0v) is 17.4. The first-order chi connectivity index (χ1) is 14.1. The topological polar surface area (TPSA) is 66.8 Å². The molecular formula is C23H29NO5. The Labute approximate surface area is 171 Å². The lowest BCUT2D eigenvalue weighted by molar-refractivity contribution is 0.0503. The Morgan fingerprint density at radius 2 is 1.69 bits per heavy atom. The first-order valence-electron chi connectivity index (χ1n) is 10.2. The van der Waals surface area contributed by atoms with Gasteiger partial charge in [-0.3, -0.25) is 0 Å². The number of methoxy groups -OCH3 is 1. The molecule has 1 aliphatic rings. The van der Waals surface area contributed by atoms with Gasteiger partial charge in [0.2, 0.25) is 0 Å². The zero-order valence-electron chi connectivity index (χ0n) is 17.4. The lowest BCUT2D eigenvalue weighted by atomic mass is 9.85. The normalized spacial score (nSPS) is 14.4. The maximum atomic E-state index is 13.0. The molecule has 0 N–H and O–H groups in total. The van der Waals surface area contributed by atoms with E-state index in [0.29, 0.717) is 12.1 Å². The lowest BCUT2D eigenvalue weighted by Gasteiger charge is -2.24. The Kier molecular flexibility index (Phi) is 6.96. The molecule has 0 radical (unpaired) electrons. The van der Waals surface area contributed by atoms with Gasteiger partial charge in [-0.25, -0.2) is 9.59 Å². The van der Waals surface area contributed by atoms with Crippen molar-refractivity contribution in [1.29, 1.82) is 0 Å². The molecule has 3 rings (SSSR count). The van der Waals surface area contributed by atoms with Crippen molar-refractivity contribution in [3.05, 3.63) is 58.4 Å². The van der Waals surface area contributed by atoms with Crippen molar-refractivity contribution in [2.45, 2.75) is 51.4 Å². The predicted octanol–water partition coefficient (Wildman–Crippen LogP) is 4.15. The predicted molar refractivity (Wildman–Crippen MR) is 109 cm³/mol. The summed E-state index contributed by atoms with van der Waals surface area (Å²) < 4.78 is 12.1. The second kappa shape index (κ2) is 9.63. The highest BCUT2D eigenvalue weighted by Crippen LogP contribution is 2.39. The van der Waals surface area contributed by atoms with Gasteiger partial charge in [0, 0.05) is 12.3 Å². The summed E-state index contributed by atoms with van der Waals surface area (Å²) >= 11 is 0. The van der Waals surface area contributed by atoms with Gasteiger partial charge in [-0.2, -0.15) is 4.73 Å². The van der Waals surface area contributed by atoms with Crippen LogP contribution in [0.25, 0.3) is 0 Å². The molecule has 0 spiro atoms. The summed E-state index contributed by atoms with van der Waals surface area (Å²) in [5, 5.41) is 0. The molecule has 0 aliphatic heterocycles.